The lowest BCUT2D eigenvalue weighted by molar-refractivity contribution is -0.141. The van der Waals surface area contributed by atoms with E-state index >= 15 is 0 Å². The number of aryl methyl sites for hydroxylation is 2. The van der Waals surface area contributed by atoms with Gasteiger partial charge in [0, 0.05) is 26.8 Å². The van der Waals surface area contributed by atoms with E-state index in [1.165, 1.54) is 19.0 Å². The van der Waals surface area contributed by atoms with Crippen LogP contribution in [0.15, 0.2) is 30.5 Å². The smallest absolute Gasteiger partial charge is 0.435 e. The first-order valence-electron chi connectivity index (χ1n) is 7.75. The van der Waals surface area contributed by atoms with E-state index in [0.29, 0.717) is 13.0 Å². The first-order valence-corrected chi connectivity index (χ1v) is 7.75. The number of carbonyl (C=O) groups is 1. The Bertz CT molecular complexity index is 741. The predicted octanol–water partition coefficient (Wildman–Crippen LogP) is 3.29. The molecule has 0 aliphatic rings. The molecule has 2 rings (SSSR count). The van der Waals surface area contributed by atoms with Gasteiger partial charge in [0.2, 0.25) is 0 Å². The number of halogens is 3. The zero-order chi connectivity index (χ0) is 18.6. The normalized spacial score (nSPS) is 11.4. The summed E-state index contributed by atoms with van der Waals surface area (Å²) in [6.45, 7) is 2.56. The largest absolute Gasteiger partial charge is 0.493 e. The molecule has 0 aliphatic heterocycles. The third-order valence-corrected chi connectivity index (χ3v) is 3.66. The maximum absolute atomic E-state index is 13.0. The van der Waals surface area contributed by atoms with Crippen molar-refractivity contribution in [2.75, 3.05) is 20.2 Å². The van der Waals surface area contributed by atoms with Crippen molar-refractivity contribution in [2.45, 2.75) is 19.5 Å². The zero-order valence-electron chi connectivity index (χ0n) is 14.3. The van der Waals surface area contributed by atoms with Gasteiger partial charge in [-0.05, 0) is 25.0 Å². The van der Waals surface area contributed by atoms with Gasteiger partial charge in [0.15, 0.2) is 5.69 Å². The van der Waals surface area contributed by atoms with Gasteiger partial charge in [0.25, 0.3) is 5.91 Å². The van der Waals surface area contributed by atoms with Crippen molar-refractivity contribution in [3.8, 4) is 5.75 Å². The lowest BCUT2D eigenvalue weighted by atomic mass is 10.2. The van der Waals surface area contributed by atoms with Crippen molar-refractivity contribution in [1.29, 1.82) is 0 Å². The number of nitrogens with zero attached hydrogens (tertiary/aromatic N) is 3. The lowest BCUT2D eigenvalue weighted by Gasteiger charge is -2.18. The van der Waals surface area contributed by atoms with Crippen molar-refractivity contribution >= 4 is 5.91 Å². The molecule has 5 nitrogen and oxygen atoms in total. The predicted molar refractivity (Wildman–Crippen MR) is 86.5 cm³/mol. The second kappa shape index (κ2) is 7.58. The minimum Gasteiger partial charge on any atom is -0.493 e. The molecule has 0 spiro atoms. The molecule has 1 amide bonds. The fraction of sp³-hybridized carbons (Fsp3) is 0.412. The number of alkyl halides is 3. The van der Waals surface area contributed by atoms with Gasteiger partial charge in [0.1, 0.15) is 5.75 Å². The van der Waals surface area contributed by atoms with E-state index in [9.17, 15) is 18.0 Å². The third kappa shape index (κ3) is 4.74. The van der Waals surface area contributed by atoms with Gasteiger partial charge in [0.05, 0.1) is 12.2 Å². The highest BCUT2D eigenvalue weighted by Crippen LogP contribution is 2.31. The highest BCUT2D eigenvalue weighted by Gasteiger charge is 2.39. The van der Waals surface area contributed by atoms with Crippen LogP contribution in [0.5, 0.6) is 5.75 Å². The van der Waals surface area contributed by atoms with E-state index in [1.54, 1.807) is 0 Å². The minimum absolute atomic E-state index is 0.275. The summed E-state index contributed by atoms with van der Waals surface area (Å²) in [5.74, 6) is 0.0411. The average molecular weight is 355 g/mol. The van der Waals surface area contributed by atoms with Crippen LogP contribution in [0, 0.1) is 6.92 Å². The van der Waals surface area contributed by atoms with Crippen molar-refractivity contribution < 1.29 is 22.7 Å². The van der Waals surface area contributed by atoms with Crippen LogP contribution in [0.4, 0.5) is 13.2 Å². The van der Waals surface area contributed by atoms with E-state index in [1.807, 2.05) is 31.2 Å². The van der Waals surface area contributed by atoms with Crippen LogP contribution < -0.4 is 4.74 Å². The number of rotatable bonds is 6. The van der Waals surface area contributed by atoms with Gasteiger partial charge in [-0.3, -0.25) is 9.48 Å². The van der Waals surface area contributed by atoms with Crippen LogP contribution in [0.2, 0.25) is 0 Å². The summed E-state index contributed by atoms with van der Waals surface area (Å²) in [4.78, 5) is 13.5. The Balaban J connectivity index is 1.92. The Morgan fingerprint density at radius 2 is 2.00 bits per heavy atom. The second-order valence-corrected chi connectivity index (χ2v) is 5.76. The summed E-state index contributed by atoms with van der Waals surface area (Å²) >= 11 is 0. The molecular weight excluding hydrogens is 335 g/mol. The number of hydrogen-bond donors (Lipinski definition) is 0. The fourth-order valence-electron chi connectivity index (χ4n) is 2.36. The first kappa shape index (κ1) is 18.8. The third-order valence-electron chi connectivity index (χ3n) is 3.66. The van der Waals surface area contributed by atoms with Gasteiger partial charge < -0.3 is 9.64 Å². The van der Waals surface area contributed by atoms with E-state index in [-0.39, 0.29) is 6.54 Å². The average Bonchev–Trinajstić information content (AvgIpc) is 2.94. The number of ether oxygens (including phenoxy) is 1. The molecule has 0 aliphatic carbocycles. The summed E-state index contributed by atoms with van der Waals surface area (Å²) in [6, 6.07) is 7.53. The van der Waals surface area contributed by atoms with Crippen LogP contribution in [0.3, 0.4) is 0 Å². The van der Waals surface area contributed by atoms with Gasteiger partial charge in [-0.2, -0.15) is 18.3 Å². The molecule has 1 aromatic carbocycles. The summed E-state index contributed by atoms with van der Waals surface area (Å²) in [5, 5.41) is 3.35. The lowest BCUT2D eigenvalue weighted by Crippen LogP contribution is -2.30. The van der Waals surface area contributed by atoms with Gasteiger partial charge >= 0.3 is 6.18 Å². The van der Waals surface area contributed by atoms with Gasteiger partial charge in [-0.15, -0.1) is 0 Å². The molecule has 0 atom stereocenters. The molecule has 0 fully saturated rings. The molecule has 0 saturated heterocycles. The number of benzene rings is 1. The van der Waals surface area contributed by atoms with E-state index in [4.69, 9.17) is 4.74 Å². The van der Waals surface area contributed by atoms with Crippen molar-refractivity contribution in [3.05, 3.63) is 47.3 Å². The Hall–Kier alpha value is -2.51. The monoisotopic (exact) mass is 355 g/mol. The quantitative estimate of drug-likeness (QED) is 0.747. The Labute approximate surface area is 144 Å². The highest BCUT2D eigenvalue weighted by molar-refractivity contribution is 5.95. The number of hydrogen-bond acceptors (Lipinski definition) is 3. The number of aromatic nitrogens is 2. The molecule has 0 bridgehead atoms. The Morgan fingerprint density at radius 3 is 2.64 bits per heavy atom. The molecule has 0 N–H and O–H groups in total. The number of amides is 1. The van der Waals surface area contributed by atoms with E-state index in [0.717, 1.165) is 22.2 Å². The van der Waals surface area contributed by atoms with Gasteiger partial charge in [-0.25, -0.2) is 0 Å². The van der Waals surface area contributed by atoms with E-state index in [2.05, 4.69) is 5.10 Å². The fourth-order valence-corrected chi connectivity index (χ4v) is 2.36. The molecule has 0 unspecified atom stereocenters. The molecule has 1 aromatic heterocycles. The minimum atomic E-state index is -4.67. The maximum atomic E-state index is 13.0. The summed E-state index contributed by atoms with van der Waals surface area (Å²) in [6.07, 6.45) is -3.08. The first-order chi connectivity index (χ1) is 11.7. The number of para-hydroxylation sites is 1. The van der Waals surface area contributed by atoms with E-state index < -0.39 is 23.3 Å². The van der Waals surface area contributed by atoms with Crippen LogP contribution in [0.1, 0.15) is 28.0 Å². The SMILES string of the molecule is Cc1ccccc1OCCCN(C)C(=O)c1cn(C)nc1C(F)(F)F. The van der Waals surface area contributed by atoms with Crippen molar-refractivity contribution in [3.63, 3.8) is 0 Å². The van der Waals surface area contributed by atoms with Crippen molar-refractivity contribution in [1.82, 2.24) is 14.7 Å². The molecule has 0 radical (unpaired) electrons. The van der Waals surface area contributed by atoms with Crippen molar-refractivity contribution in [2.24, 2.45) is 7.05 Å². The highest BCUT2D eigenvalue weighted by atomic mass is 19.4. The Morgan fingerprint density at radius 1 is 1.32 bits per heavy atom. The zero-order valence-corrected chi connectivity index (χ0v) is 14.3. The topological polar surface area (TPSA) is 47.4 Å². The molecule has 2 aromatic rings. The molecule has 8 heteroatoms. The summed E-state index contributed by atoms with van der Waals surface area (Å²) in [7, 11) is 2.81. The maximum Gasteiger partial charge on any atom is 0.435 e. The molecular formula is C17H20F3N3O2. The summed E-state index contributed by atoms with van der Waals surface area (Å²) < 4.78 is 45.5. The van der Waals surface area contributed by atoms with Crippen LogP contribution in [-0.4, -0.2) is 40.8 Å². The standard InChI is InChI=1S/C17H20F3N3O2/c1-12-7-4-5-8-14(12)25-10-6-9-22(2)16(24)13-11-23(3)21-15(13)17(18,19)20/h4-5,7-8,11H,6,9-10H2,1-3H3. The van der Waals surface area contributed by atoms with Crippen LogP contribution >= 0.6 is 0 Å². The number of carbonyl (C=O) groups excluding carboxylic acids is 1. The molecule has 136 valence electrons. The summed E-state index contributed by atoms with van der Waals surface area (Å²) in [5.41, 5.74) is -0.613. The van der Waals surface area contributed by atoms with Crippen LogP contribution in [0.25, 0.3) is 0 Å². The van der Waals surface area contributed by atoms with Crippen LogP contribution in [-0.2, 0) is 13.2 Å². The second-order valence-electron chi connectivity index (χ2n) is 5.76. The Kier molecular flexibility index (Phi) is 5.71. The molecule has 1 heterocycles. The van der Waals surface area contributed by atoms with Gasteiger partial charge in [-0.1, -0.05) is 18.2 Å². The molecule has 25 heavy (non-hydrogen) atoms. The molecule has 0 saturated carbocycles.